The molecular formula is C10H12BrN3S. The number of H-pyrrole nitrogens is 1. The number of thiophene rings is 1. The Labute approximate surface area is 101 Å². The molecule has 0 aromatic carbocycles. The van der Waals surface area contributed by atoms with Crippen LogP contribution in [0.15, 0.2) is 22.1 Å². The maximum atomic E-state index is 4.35. The molecule has 3 nitrogen and oxygen atoms in total. The van der Waals surface area contributed by atoms with E-state index in [-0.39, 0.29) is 0 Å². The van der Waals surface area contributed by atoms with E-state index in [2.05, 4.69) is 44.2 Å². The number of nitrogens with zero attached hydrogens (tertiary/aromatic N) is 1. The van der Waals surface area contributed by atoms with Gasteiger partial charge in [0, 0.05) is 18.4 Å². The van der Waals surface area contributed by atoms with E-state index in [4.69, 9.17) is 0 Å². The lowest BCUT2D eigenvalue weighted by molar-refractivity contribution is 0.714. The number of rotatable bonds is 4. The molecule has 5 heteroatoms. The van der Waals surface area contributed by atoms with Gasteiger partial charge in [0.2, 0.25) is 0 Å². The quantitative estimate of drug-likeness (QED) is 0.907. The summed E-state index contributed by atoms with van der Waals surface area (Å²) in [6, 6.07) is 4.09. The molecule has 2 rings (SSSR count). The van der Waals surface area contributed by atoms with Crippen LogP contribution in [0, 0.1) is 0 Å². The minimum atomic E-state index is 0.843. The van der Waals surface area contributed by atoms with Gasteiger partial charge < -0.3 is 10.3 Å². The standard InChI is InChI=1S/C10H12BrN3S/c1-2-12-5-7-6-13-10(14-7)8-3-4-9(11)15-8/h3-4,6,12H,2,5H2,1H3,(H,13,14). The van der Waals surface area contributed by atoms with E-state index in [1.165, 1.54) is 0 Å². The molecule has 2 N–H and O–H groups in total. The summed E-state index contributed by atoms with van der Waals surface area (Å²) in [7, 11) is 0. The molecule has 0 saturated heterocycles. The fourth-order valence-electron chi connectivity index (χ4n) is 1.28. The van der Waals surface area contributed by atoms with Gasteiger partial charge in [-0.2, -0.15) is 0 Å². The van der Waals surface area contributed by atoms with Gasteiger partial charge in [-0.15, -0.1) is 11.3 Å². The van der Waals surface area contributed by atoms with E-state index in [0.29, 0.717) is 0 Å². The molecular weight excluding hydrogens is 274 g/mol. The van der Waals surface area contributed by atoms with Crippen LogP contribution in [0.5, 0.6) is 0 Å². The van der Waals surface area contributed by atoms with Crippen molar-refractivity contribution in [2.24, 2.45) is 0 Å². The fraction of sp³-hybridized carbons (Fsp3) is 0.300. The number of halogens is 1. The molecule has 0 spiro atoms. The third-order valence-corrected chi connectivity index (χ3v) is 3.63. The van der Waals surface area contributed by atoms with E-state index in [1.807, 2.05) is 12.3 Å². The summed E-state index contributed by atoms with van der Waals surface area (Å²) in [6.07, 6.45) is 1.88. The lowest BCUT2D eigenvalue weighted by Crippen LogP contribution is -2.11. The average Bonchev–Trinajstić information content (AvgIpc) is 2.83. The van der Waals surface area contributed by atoms with Gasteiger partial charge in [-0.1, -0.05) is 6.92 Å². The number of aromatic amines is 1. The van der Waals surface area contributed by atoms with Gasteiger partial charge in [-0.05, 0) is 34.6 Å². The Bertz CT molecular complexity index is 435. The fourth-order valence-corrected chi connectivity index (χ4v) is 2.61. The van der Waals surface area contributed by atoms with Crippen LogP contribution in [-0.4, -0.2) is 16.5 Å². The number of imidazole rings is 1. The molecule has 2 heterocycles. The smallest absolute Gasteiger partial charge is 0.147 e. The van der Waals surface area contributed by atoms with Crippen molar-refractivity contribution in [2.75, 3.05) is 6.54 Å². The Morgan fingerprint density at radius 3 is 3.07 bits per heavy atom. The van der Waals surface area contributed by atoms with Crippen LogP contribution in [0.4, 0.5) is 0 Å². The molecule has 0 amide bonds. The van der Waals surface area contributed by atoms with E-state index in [0.717, 1.165) is 33.3 Å². The van der Waals surface area contributed by atoms with Gasteiger partial charge in [0.05, 0.1) is 8.66 Å². The van der Waals surface area contributed by atoms with Crippen molar-refractivity contribution in [1.82, 2.24) is 15.3 Å². The van der Waals surface area contributed by atoms with Crippen molar-refractivity contribution in [3.63, 3.8) is 0 Å². The van der Waals surface area contributed by atoms with E-state index in [1.54, 1.807) is 11.3 Å². The molecule has 80 valence electrons. The first-order chi connectivity index (χ1) is 7.29. The van der Waals surface area contributed by atoms with Gasteiger partial charge in [-0.25, -0.2) is 4.98 Å². The lowest BCUT2D eigenvalue weighted by Gasteiger charge is -1.96. The second-order valence-electron chi connectivity index (χ2n) is 3.14. The van der Waals surface area contributed by atoms with Crippen molar-refractivity contribution in [3.05, 3.63) is 27.8 Å². The highest BCUT2D eigenvalue weighted by Gasteiger charge is 2.05. The monoisotopic (exact) mass is 285 g/mol. The van der Waals surface area contributed by atoms with Crippen LogP contribution in [-0.2, 0) is 6.54 Å². The number of hydrogen-bond acceptors (Lipinski definition) is 3. The lowest BCUT2D eigenvalue weighted by atomic mass is 10.4. The van der Waals surface area contributed by atoms with Crippen LogP contribution < -0.4 is 5.32 Å². The van der Waals surface area contributed by atoms with Crippen molar-refractivity contribution < 1.29 is 0 Å². The van der Waals surface area contributed by atoms with Gasteiger partial charge in [0.25, 0.3) is 0 Å². The number of aromatic nitrogens is 2. The van der Waals surface area contributed by atoms with Gasteiger partial charge in [-0.3, -0.25) is 0 Å². The van der Waals surface area contributed by atoms with Crippen molar-refractivity contribution in [1.29, 1.82) is 0 Å². The molecule has 2 aromatic rings. The topological polar surface area (TPSA) is 40.7 Å². The largest absolute Gasteiger partial charge is 0.340 e. The number of hydrogen-bond donors (Lipinski definition) is 2. The van der Waals surface area contributed by atoms with Crippen LogP contribution in [0.3, 0.4) is 0 Å². The highest BCUT2D eigenvalue weighted by Crippen LogP contribution is 2.29. The molecule has 0 bridgehead atoms. The Morgan fingerprint density at radius 1 is 1.53 bits per heavy atom. The molecule has 0 fully saturated rings. The summed E-state index contributed by atoms with van der Waals surface area (Å²) in [5, 5.41) is 3.26. The molecule has 0 radical (unpaired) electrons. The molecule has 0 aliphatic heterocycles. The van der Waals surface area contributed by atoms with Crippen LogP contribution in [0.25, 0.3) is 10.7 Å². The van der Waals surface area contributed by atoms with Gasteiger partial charge in [0.15, 0.2) is 0 Å². The molecule has 0 aliphatic carbocycles. The summed E-state index contributed by atoms with van der Waals surface area (Å²) in [5.74, 6) is 0.943. The Kier molecular flexibility index (Phi) is 3.56. The van der Waals surface area contributed by atoms with Gasteiger partial charge in [0.1, 0.15) is 5.82 Å². The zero-order valence-electron chi connectivity index (χ0n) is 8.38. The zero-order chi connectivity index (χ0) is 10.7. The first-order valence-electron chi connectivity index (χ1n) is 4.80. The first kappa shape index (κ1) is 10.9. The van der Waals surface area contributed by atoms with Gasteiger partial charge >= 0.3 is 0 Å². The predicted octanol–water partition coefficient (Wildman–Crippen LogP) is 3.01. The Balaban J connectivity index is 2.13. The second-order valence-corrected chi connectivity index (χ2v) is 5.60. The zero-order valence-corrected chi connectivity index (χ0v) is 10.8. The second kappa shape index (κ2) is 4.92. The minimum absolute atomic E-state index is 0.843. The average molecular weight is 286 g/mol. The third-order valence-electron chi connectivity index (χ3n) is 2.00. The maximum absolute atomic E-state index is 4.35. The normalized spacial score (nSPS) is 10.8. The summed E-state index contributed by atoms with van der Waals surface area (Å²) >= 11 is 5.12. The van der Waals surface area contributed by atoms with E-state index < -0.39 is 0 Å². The van der Waals surface area contributed by atoms with Crippen LogP contribution in [0.1, 0.15) is 12.6 Å². The van der Waals surface area contributed by atoms with Crippen LogP contribution >= 0.6 is 27.3 Å². The first-order valence-corrected chi connectivity index (χ1v) is 6.41. The van der Waals surface area contributed by atoms with Crippen LogP contribution in [0.2, 0.25) is 0 Å². The highest BCUT2D eigenvalue weighted by molar-refractivity contribution is 9.11. The molecule has 15 heavy (non-hydrogen) atoms. The molecule has 0 aliphatic rings. The molecule has 2 aromatic heterocycles. The number of nitrogens with one attached hydrogen (secondary N) is 2. The van der Waals surface area contributed by atoms with Crippen molar-refractivity contribution in [2.45, 2.75) is 13.5 Å². The van der Waals surface area contributed by atoms with Crippen molar-refractivity contribution >= 4 is 27.3 Å². The molecule has 0 unspecified atom stereocenters. The van der Waals surface area contributed by atoms with Crippen molar-refractivity contribution in [3.8, 4) is 10.7 Å². The Hall–Kier alpha value is -0.650. The SMILES string of the molecule is CCNCc1cnc(-c2ccc(Br)s2)[nH]1. The Morgan fingerprint density at radius 2 is 2.40 bits per heavy atom. The summed E-state index contributed by atoms with van der Waals surface area (Å²) in [4.78, 5) is 8.80. The summed E-state index contributed by atoms with van der Waals surface area (Å²) in [6.45, 7) is 3.91. The maximum Gasteiger partial charge on any atom is 0.147 e. The summed E-state index contributed by atoms with van der Waals surface area (Å²) < 4.78 is 1.13. The third kappa shape index (κ3) is 2.68. The minimum Gasteiger partial charge on any atom is -0.340 e. The molecule has 0 saturated carbocycles. The molecule has 0 atom stereocenters. The van der Waals surface area contributed by atoms with E-state index in [9.17, 15) is 0 Å². The van der Waals surface area contributed by atoms with E-state index >= 15 is 0 Å². The summed E-state index contributed by atoms with van der Waals surface area (Å²) in [5.41, 5.74) is 1.12. The predicted molar refractivity (Wildman–Crippen MR) is 67.0 cm³/mol. The highest BCUT2D eigenvalue weighted by atomic mass is 79.9.